The molecule has 0 bridgehead atoms. The Kier molecular flexibility index (Phi) is 55.2. The molecule has 0 rings (SSSR count). The predicted octanol–water partition coefficient (Wildman–Crippen LogP) is 19.5. The summed E-state index contributed by atoms with van der Waals surface area (Å²) >= 11 is 0. The first-order valence-corrected chi connectivity index (χ1v) is 29.6. The number of carbonyl (C=O) groups excluding carboxylic acids is 1. The SMILES string of the molecule is CCCCCCCCCCCCCCCCCCCC/C=C/CC/C=C/C(O)C(CO)NC(=O)CCCCCCCCCCCCCCCCCCCCCCCCCCCCCC. The molecule has 2 atom stereocenters. The molecular weight excluding hydrogens is 783 g/mol. The van der Waals surface area contributed by atoms with Gasteiger partial charge in [0.15, 0.2) is 0 Å². The fourth-order valence-corrected chi connectivity index (χ4v) is 9.43. The van der Waals surface area contributed by atoms with Crippen LogP contribution in [0.1, 0.15) is 335 Å². The maximum atomic E-state index is 12.5. The molecule has 0 aromatic heterocycles. The highest BCUT2D eigenvalue weighted by Crippen LogP contribution is 2.18. The minimum Gasteiger partial charge on any atom is -0.394 e. The van der Waals surface area contributed by atoms with Crippen molar-refractivity contribution in [2.45, 2.75) is 347 Å². The summed E-state index contributed by atoms with van der Waals surface area (Å²) in [6.45, 7) is 4.34. The Morgan fingerprint density at radius 2 is 0.609 bits per heavy atom. The van der Waals surface area contributed by atoms with Crippen LogP contribution in [0.25, 0.3) is 0 Å². The van der Waals surface area contributed by atoms with E-state index >= 15 is 0 Å². The van der Waals surface area contributed by atoms with Crippen LogP contribution in [0.2, 0.25) is 0 Å². The van der Waals surface area contributed by atoms with Crippen molar-refractivity contribution in [1.29, 1.82) is 0 Å². The molecule has 0 aliphatic rings. The molecule has 0 aliphatic carbocycles. The van der Waals surface area contributed by atoms with Crippen molar-refractivity contribution in [2.75, 3.05) is 6.61 Å². The molecule has 0 aromatic rings. The number of allylic oxidation sites excluding steroid dienone is 3. The second-order valence-electron chi connectivity index (χ2n) is 20.4. The molecule has 0 aliphatic heterocycles. The van der Waals surface area contributed by atoms with Crippen LogP contribution < -0.4 is 5.32 Å². The van der Waals surface area contributed by atoms with Gasteiger partial charge in [-0.2, -0.15) is 0 Å². The van der Waals surface area contributed by atoms with Crippen LogP contribution in [0, 0.1) is 0 Å². The number of carbonyl (C=O) groups is 1. The van der Waals surface area contributed by atoms with Gasteiger partial charge in [-0.3, -0.25) is 4.79 Å². The van der Waals surface area contributed by atoms with Gasteiger partial charge in [0, 0.05) is 6.42 Å². The molecule has 1 amide bonds. The average Bonchev–Trinajstić information content (AvgIpc) is 3.30. The number of rotatable bonds is 55. The zero-order valence-corrected chi connectivity index (χ0v) is 43.8. The number of aliphatic hydroxyl groups excluding tert-OH is 2. The maximum absolute atomic E-state index is 12.5. The highest BCUT2D eigenvalue weighted by molar-refractivity contribution is 5.76. The lowest BCUT2D eigenvalue weighted by molar-refractivity contribution is -0.123. The summed E-state index contributed by atoms with van der Waals surface area (Å²) < 4.78 is 0. The van der Waals surface area contributed by atoms with E-state index in [0.717, 1.165) is 32.1 Å². The summed E-state index contributed by atoms with van der Waals surface area (Å²) in [4.78, 5) is 12.5. The van der Waals surface area contributed by atoms with Gasteiger partial charge < -0.3 is 15.5 Å². The van der Waals surface area contributed by atoms with Crippen LogP contribution in [-0.4, -0.2) is 34.9 Å². The van der Waals surface area contributed by atoms with Crippen LogP contribution in [0.4, 0.5) is 0 Å². The van der Waals surface area contributed by atoms with Crippen molar-refractivity contribution in [1.82, 2.24) is 5.32 Å². The van der Waals surface area contributed by atoms with Crippen molar-refractivity contribution in [3.8, 4) is 0 Å². The third-order valence-corrected chi connectivity index (χ3v) is 13.9. The van der Waals surface area contributed by atoms with E-state index in [9.17, 15) is 15.0 Å². The zero-order chi connectivity index (χ0) is 46.3. The summed E-state index contributed by atoms with van der Waals surface area (Å²) in [5, 5.41) is 23.2. The highest BCUT2D eigenvalue weighted by Gasteiger charge is 2.18. The molecular formula is C60H117NO3. The highest BCUT2D eigenvalue weighted by atomic mass is 16.3. The molecule has 0 saturated heterocycles. The number of aliphatic hydroxyl groups is 2. The first-order valence-electron chi connectivity index (χ1n) is 29.6. The molecule has 0 aromatic carbocycles. The van der Waals surface area contributed by atoms with Crippen molar-refractivity contribution in [3.05, 3.63) is 24.3 Å². The third-order valence-electron chi connectivity index (χ3n) is 13.9. The first kappa shape index (κ1) is 62.9. The minimum atomic E-state index is -0.860. The van der Waals surface area contributed by atoms with Gasteiger partial charge in [-0.15, -0.1) is 0 Å². The van der Waals surface area contributed by atoms with E-state index in [-0.39, 0.29) is 12.5 Å². The standard InChI is InChI=1S/C60H117NO3/c1-3-5-7-9-11-13-15-17-19-21-23-25-27-29-30-31-32-34-36-38-40-42-44-46-48-50-52-54-56-60(64)61-58(57-62)59(63)55-53-51-49-47-45-43-41-39-37-35-33-28-26-24-22-20-18-16-14-12-10-8-6-4-2/h45,47,53,55,58-59,62-63H,3-44,46,48-52,54,56-57H2,1-2H3,(H,61,64)/b47-45+,55-53+. The van der Waals surface area contributed by atoms with Crippen LogP contribution in [-0.2, 0) is 4.79 Å². The largest absolute Gasteiger partial charge is 0.394 e. The molecule has 0 radical (unpaired) electrons. The Balaban J connectivity index is 3.47. The van der Waals surface area contributed by atoms with Crippen molar-refractivity contribution in [3.63, 3.8) is 0 Å². The van der Waals surface area contributed by atoms with Crippen LogP contribution in [0.3, 0.4) is 0 Å². The fourth-order valence-electron chi connectivity index (χ4n) is 9.43. The van der Waals surface area contributed by atoms with Crippen LogP contribution in [0.5, 0.6) is 0 Å². The van der Waals surface area contributed by atoms with Gasteiger partial charge in [-0.05, 0) is 32.1 Å². The summed E-state index contributed by atoms with van der Waals surface area (Å²) in [6.07, 6.45) is 75.0. The summed E-state index contributed by atoms with van der Waals surface area (Å²) in [5.74, 6) is -0.0659. The topological polar surface area (TPSA) is 69.6 Å². The quantitative estimate of drug-likeness (QED) is 0.0421. The number of nitrogens with one attached hydrogen (secondary N) is 1. The van der Waals surface area contributed by atoms with E-state index in [1.54, 1.807) is 6.08 Å². The summed E-state index contributed by atoms with van der Waals surface area (Å²) in [7, 11) is 0. The van der Waals surface area contributed by atoms with E-state index in [4.69, 9.17) is 0 Å². The predicted molar refractivity (Wildman–Crippen MR) is 286 cm³/mol. The molecule has 4 nitrogen and oxygen atoms in total. The van der Waals surface area contributed by atoms with Gasteiger partial charge in [0.2, 0.25) is 5.91 Å². The van der Waals surface area contributed by atoms with Gasteiger partial charge in [0.05, 0.1) is 18.8 Å². The van der Waals surface area contributed by atoms with Crippen LogP contribution in [0.15, 0.2) is 24.3 Å². The Morgan fingerprint density at radius 1 is 0.359 bits per heavy atom. The molecule has 380 valence electrons. The monoisotopic (exact) mass is 900 g/mol. The maximum Gasteiger partial charge on any atom is 0.220 e. The van der Waals surface area contributed by atoms with Gasteiger partial charge in [0.25, 0.3) is 0 Å². The average molecular weight is 901 g/mol. The third kappa shape index (κ3) is 51.8. The Bertz CT molecular complexity index is 932. The van der Waals surface area contributed by atoms with Gasteiger partial charge in [0.1, 0.15) is 0 Å². The normalized spacial score (nSPS) is 12.9. The van der Waals surface area contributed by atoms with Gasteiger partial charge in [-0.1, -0.05) is 321 Å². The van der Waals surface area contributed by atoms with Crippen LogP contribution >= 0.6 is 0 Å². The van der Waals surface area contributed by atoms with Gasteiger partial charge >= 0.3 is 0 Å². The molecule has 4 heteroatoms. The van der Waals surface area contributed by atoms with E-state index < -0.39 is 12.1 Å². The molecule has 0 spiro atoms. The number of unbranched alkanes of at least 4 members (excludes halogenated alkanes) is 46. The fraction of sp³-hybridized carbons (Fsp3) is 0.917. The Hall–Kier alpha value is -1.13. The molecule has 0 saturated carbocycles. The Labute approximate surface area is 402 Å². The van der Waals surface area contributed by atoms with Crippen molar-refractivity contribution in [2.24, 2.45) is 0 Å². The lowest BCUT2D eigenvalue weighted by atomic mass is 10.0. The molecule has 3 N–H and O–H groups in total. The van der Waals surface area contributed by atoms with E-state index in [1.165, 1.54) is 283 Å². The number of hydrogen-bond donors (Lipinski definition) is 3. The number of hydrogen-bond acceptors (Lipinski definition) is 3. The second kappa shape index (κ2) is 56.2. The van der Waals surface area contributed by atoms with Crippen molar-refractivity contribution >= 4 is 5.91 Å². The second-order valence-corrected chi connectivity index (χ2v) is 20.4. The molecule has 0 heterocycles. The molecule has 64 heavy (non-hydrogen) atoms. The zero-order valence-electron chi connectivity index (χ0n) is 43.8. The van der Waals surface area contributed by atoms with E-state index in [1.807, 2.05) is 6.08 Å². The van der Waals surface area contributed by atoms with E-state index in [0.29, 0.717) is 6.42 Å². The smallest absolute Gasteiger partial charge is 0.220 e. The van der Waals surface area contributed by atoms with E-state index in [2.05, 4.69) is 31.3 Å². The Morgan fingerprint density at radius 3 is 0.906 bits per heavy atom. The lowest BCUT2D eigenvalue weighted by Gasteiger charge is -2.19. The summed E-state index contributed by atoms with van der Waals surface area (Å²) in [6, 6.07) is -0.636. The van der Waals surface area contributed by atoms with Gasteiger partial charge in [-0.25, -0.2) is 0 Å². The molecule has 2 unspecified atom stereocenters. The molecule has 0 fully saturated rings. The lowest BCUT2D eigenvalue weighted by Crippen LogP contribution is -2.45. The van der Waals surface area contributed by atoms with Crippen molar-refractivity contribution < 1.29 is 15.0 Å². The minimum absolute atomic E-state index is 0.0659. The first-order chi connectivity index (χ1) is 31.7. The summed E-state index contributed by atoms with van der Waals surface area (Å²) in [5.41, 5.74) is 0. The number of amides is 1.